The molecule has 0 unspecified atom stereocenters. The highest BCUT2D eigenvalue weighted by Gasteiger charge is 2.22. The van der Waals surface area contributed by atoms with Gasteiger partial charge in [-0.1, -0.05) is 37.1 Å². The van der Waals surface area contributed by atoms with Gasteiger partial charge in [0.05, 0.1) is 0 Å². The Kier molecular flexibility index (Phi) is 3.41. The van der Waals surface area contributed by atoms with Crippen LogP contribution in [0.15, 0.2) is 54.6 Å². The number of hydrogen-bond donors (Lipinski definition) is 1. The van der Waals surface area contributed by atoms with E-state index in [0.29, 0.717) is 0 Å². The summed E-state index contributed by atoms with van der Waals surface area (Å²) >= 11 is 0. The smallest absolute Gasteiger partial charge is 0.0431 e. The fraction of sp³-hybridized carbons (Fsp3) is 0.294. The lowest BCUT2D eigenvalue weighted by atomic mass is 10.2. The maximum atomic E-state index is 5.92. The zero-order chi connectivity index (χ0) is 13.1. The highest BCUT2D eigenvalue weighted by Crippen LogP contribution is 2.35. The standard InChI is InChI=1S/C17H20N2/c18-15-5-4-8-17(13-15)19(12-11-14-9-10-14)16-6-2-1-3-7-16/h1-8,13-14H,9-12,18H2. The van der Waals surface area contributed by atoms with Crippen LogP contribution in [0.4, 0.5) is 17.1 Å². The molecule has 0 atom stereocenters. The Hall–Kier alpha value is -1.96. The lowest BCUT2D eigenvalue weighted by molar-refractivity contribution is 0.725. The number of rotatable bonds is 5. The van der Waals surface area contributed by atoms with Crippen LogP contribution in [-0.4, -0.2) is 6.54 Å². The van der Waals surface area contributed by atoms with Gasteiger partial charge in [-0.05, 0) is 42.7 Å². The van der Waals surface area contributed by atoms with E-state index < -0.39 is 0 Å². The molecule has 0 amide bonds. The first-order valence-electron chi connectivity index (χ1n) is 7.01. The minimum absolute atomic E-state index is 0.824. The molecule has 2 heteroatoms. The molecule has 3 rings (SSSR count). The molecular weight excluding hydrogens is 232 g/mol. The topological polar surface area (TPSA) is 29.3 Å². The van der Waals surface area contributed by atoms with E-state index in [1.54, 1.807) is 0 Å². The predicted molar refractivity (Wildman–Crippen MR) is 81.6 cm³/mol. The molecule has 1 fully saturated rings. The Labute approximate surface area is 114 Å². The number of para-hydroxylation sites is 1. The summed E-state index contributed by atoms with van der Waals surface area (Å²) in [6.07, 6.45) is 4.07. The summed E-state index contributed by atoms with van der Waals surface area (Å²) in [6.45, 7) is 1.07. The average Bonchev–Trinajstić information content (AvgIpc) is 3.25. The molecule has 2 aromatic carbocycles. The average molecular weight is 252 g/mol. The second kappa shape index (κ2) is 5.35. The van der Waals surface area contributed by atoms with Crippen molar-refractivity contribution >= 4 is 17.1 Å². The summed E-state index contributed by atoms with van der Waals surface area (Å²) in [7, 11) is 0. The molecule has 2 aromatic rings. The second-order valence-electron chi connectivity index (χ2n) is 5.31. The third kappa shape index (κ3) is 3.08. The lowest BCUT2D eigenvalue weighted by Crippen LogP contribution is -2.18. The normalized spacial score (nSPS) is 14.3. The minimum Gasteiger partial charge on any atom is -0.399 e. The molecule has 1 aliphatic rings. The molecule has 0 heterocycles. The van der Waals surface area contributed by atoms with E-state index in [1.165, 1.54) is 30.6 Å². The van der Waals surface area contributed by atoms with Crippen molar-refractivity contribution in [1.82, 2.24) is 0 Å². The molecule has 98 valence electrons. The van der Waals surface area contributed by atoms with Crippen LogP contribution >= 0.6 is 0 Å². The third-order valence-electron chi connectivity index (χ3n) is 3.71. The van der Waals surface area contributed by atoms with Gasteiger partial charge in [-0.2, -0.15) is 0 Å². The summed E-state index contributed by atoms with van der Waals surface area (Å²) in [4.78, 5) is 2.37. The number of nitrogens with zero attached hydrogens (tertiary/aromatic N) is 1. The van der Waals surface area contributed by atoms with Crippen molar-refractivity contribution in [2.45, 2.75) is 19.3 Å². The van der Waals surface area contributed by atoms with Gasteiger partial charge < -0.3 is 10.6 Å². The van der Waals surface area contributed by atoms with Crippen LogP contribution in [0.3, 0.4) is 0 Å². The highest BCUT2D eigenvalue weighted by molar-refractivity contribution is 5.66. The quantitative estimate of drug-likeness (QED) is 0.808. The maximum absolute atomic E-state index is 5.92. The van der Waals surface area contributed by atoms with Crippen LogP contribution in [0.5, 0.6) is 0 Å². The van der Waals surface area contributed by atoms with Crippen molar-refractivity contribution in [2.24, 2.45) is 5.92 Å². The summed E-state index contributed by atoms with van der Waals surface area (Å²) < 4.78 is 0. The summed E-state index contributed by atoms with van der Waals surface area (Å²) in [5.74, 6) is 0.937. The number of nitrogen functional groups attached to an aromatic ring is 1. The van der Waals surface area contributed by atoms with E-state index in [9.17, 15) is 0 Å². The Bertz CT molecular complexity index is 532. The van der Waals surface area contributed by atoms with E-state index in [4.69, 9.17) is 5.73 Å². The summed E-state index contributed by atoms with van der Waals surface area (Å²) in [5, 5.41) is 0. The van der Waals surface area contributed by atoms with Crippen molar-refractivity contribution in [3.63, 3.8) is 0 Å². The van der Waals surface area contributed by atoms with Crippen molar-refractivity contribution in [3.05, 3.63) is 54.6 Å². The van der Waals surface area contributed by atoms with Gasteiger partial charge in [0.1, 0.15) is 0 Å². The second-order valence-corrected chi connectivity index (χ2v) is 5.31. The molecule has 2 nitrogen and oxygen atoms in total. The zero-order valence-corrected chi connectivity index (χ0v) is 11.1. The van der Waals surface area contributed by atoms with Gasteiger partial charge in [0.25, 0.3) is 0 Å². The minimum atomic E-state index is 0.824. The Morgan fingerprint density at radius 3 is 2.37 bits per heavy atom. The first kappa shape index (κ1) is 12.1. The van der Waals surface area contributed by atoms with Crippen LogP contribution in [0.1, 0.15) is 19.3 Å². The largest absolute Gasteiger partial charge is 0.399 e. The predicted octanol–water partition coefficient (Wildman–Crippen LogP) is 4.21. The number of anilines is 3. The van der Waals surface area contributed by atoms with Gasteiger partial charge in [0, 0.05) is 23.6 Å². The zero-order valence-electron chi connectivity index (χ0n) is 11.1. The van der Waals surface area contributed by atoms with E-state index in [1.807, 2.05) is 12.1 Å². The SMILES string of the molecule is Nc1cccc(N(CCC2CC2)c2ccccc2)c1. The van der Waals surface area contributed by atoms with Crippen LogP contribution in [0.25, 0.3) is 0 Å². The first-order chi connectivity index (χ1) is 9.33. The van der Waals surface area contributed by atoms with Gasteiger partial charge in [0.15, 0.2) is 0 Å². The molecular formula is C17H20N2. The van der Waals surface area contributed by atoms with E-state index in [2.05, 4.69) is 47.4 Å². The van der Waals surface area contributed by atoms with Crippen molar-refractivity contribution < 1.29 is 0 Å². The molecule has 1 aliphatic carbocycles. The van der Waals surface area contributed by atoms with E-state index in [-0.39, 0.29) is 0 Å². The van der Waals surface area contributed by atoms with E-state index in [0.717, 1.165) is 18.2 Å². The number of hydrogen-bond acceptors (Lipinski definition) is 2. The molecule has 0 bridgehead atoms. The Morgan fingerprint density at radius 1 is 0.947 bits per heavy atom. The van der Waals surface area contributed by atoms with Crippen LogP contribution in [0.2, 0.25) is 0 Å². The van der Waals surface area contributed by atoms with Gasteiger partial charge in [-0.25, -0.2) is 0 Å². The van der Waals surface area contributed by atoms with Crippen molar-refractivity contribution in [3.8, 4) is 0 Å². The molecule has 0 radical (unpaired) electrons. The highest BCUT2D eigenvalue weighted by atomic mass is 15.1. The van der Waals surface area contributed by atoms with Crippen molar-refractivity contribution in [2.75, 3.05) is 17.2 Å². The summed E-state index contributed by atoms with van der Waals surface area (Å²) in [5.41, 5.74) is 9.17. The first-order valence-corrected chi connectivity index (χ1v) is 7.01. The van der Waals surface area contributed by atoms with Gasteiger partial charge in [-0.15, -0.1) is 0 Å². The van der Waals surface area contributed by atoms with Crippen LogP contribution < -0.4 is 10.6 Å². The third-order valence-corrected chi connectivity index (χ3v) is 3.71. The van der Waals surface area contributed by atoms with Crippen LogP contribution in [0, 0.1) is 5.92 Å². The fourth-order valence-electron chi connectivity index (χ4n) is 2.43. The molecule has 19 heavy (non-hydrogen) atoms. The van der Waals surface area contributed by atoms with Crippen molar-refractivity contribution in [1.29, 1.82) is 0 Å². The molecule has 1 saturated carbocycles. The molecule has 0 saturated heterocycles. The number of nitrogens with two attached hydrogens (primary N) is 1. The molecule has 0 aliphatic heterocycles. The van der Waals surface area contributed by atoms with Gasteiger partial charge in [0.2, 0.25) is 0 Å². The molecule has 0 aromatic heterocycles. The van der Waals surface area contributed by atoms with E-state index >= 15 is 0 Å². The Morgan fingerprint density at radius 2 is 1.68 bits per heavy atom. The fourth-order valence-corrected chi connectivity index (χ4v) is 2.43. The number of benzene rings is 2. The Balaban J connectivity index is 1.86. The summed E-state index contributed by atoms with van der Waals surface area (Å²) in [6, 6.07) is 18.7. The molecule has 0 spiro atoms. The van der Waals surface area contributed by atoms with Gasteiger partial charge >= 0.3 is 0 Å². The molecule has 2 N–H and O–H groups in total. The maximum Gasteiger partial charge on any atom is 0.0431 e. The van der Waals surface area contributed by atoms with Crippen LogP contribution in [-0.2, 0) is 0 Å². The van der Waals surface area contributed by atoms with Gasteiger partial charge in [-0.3, -0.25) is 0 Å². The lowest BCUT2D eigenvalue weighted by Gasteiger charge is -2.25. The monoisotopic (exact) mass is 252 g/mol.